The van der Waals surface area contributed by atoms with E-state index in [2.05, 4.69) is 15.4 Å². The molecule has 1 aromatic heterocycles. The number of anilines is 1. The highest BCUT2D eigenvalue weighted by atomic mass is 19.1. The van der Waals surface area contributed by atoms with Gasteiger partial charge in [0.05, 0.1) is 5.52 Å². The minimum absolute atomic E-state index is 0.276. The molecule has 0 aliphatic carbocycles. The monoisotopic (exact) mass is 268 g/mol. The lowest BCUT2D eigenvalue weighted by atomic mass is 10.1. The molecule has 0 bridgehead atoms. The number of hydrogen-bond acceptors (Lipinski definition) is 4. The van der Waals surface area contributed by atoms with E-state index in [0.29, 0.717) is 22.8 Å². The third kappa shape index (κ3) is 2.08. The van der Waals surface area contributed by atoms with Crippen LogP contribution in [-0.4, -0.2) is 9.97 Å². The van der Waals surface area contributed by atoms with Crippen molar-refractivity contribution < 1.29 is 4.39 Å². The Morgan fingerprint density at radius 3 is 2.65 bits per heavy atom. The van der Waals surface area contributed by atoms with Crippen molar-refractivity contribution in [2.45, 2.75) is 6.92 Å². The molecule has 0 amide bonds. The molecule has 0 unspecified atom stereocenters. The van der Waals surface area contributed by atoms with Crippen LogP contribution >= 0.6 is 0 Å². The summed E-state index contributed by atoms with van der Waals surface area (Å²) in [6.45, 7) is 1.72. The van der Waals surface area contributed by atoms with Gasteiger partial charge in [-0.3, -0.25) is 0 Å². The predicted molar refractivity (Wildman–Crippen MR) is 77.5 cm³/mol. The first kappa shape index (κ1) is 12.5. The van der Waals surface area contributed by atoms with Crippen LogP contribution in [0.2, 0.25) is 0 Å². The lowest BCUT2D eigenvalue weighted by molar-refractivity contribution is 0.619. The summed E-state index contributed by atoms with van der Waals surface area (Å²) in [5, 5.41) is 0.825. The van der Waals surface area contributed by atoms with Crippen molar-refractivity contribution in [1.29, 1.82) is 0 Å². The highest BCUT2D eigenvalue weighted by Crippen LogP contribution is 2.25. The molecule has 2 aromatic carbocycles. The molecular formula is C15H13FN4. The van der Waals surface area contributed by atoms with Crippen molar-refractivity contribution in [2.24, 2.45) is 5.84 Å². The Labute approximate surface area is 115 Å². The van der Waals surface area contributed by atoms with E-state index < -0.39 is 0 Å². The molecule has 0 aliphatic heterocycles. The quantitative estimate of drug-likeness (QED) is 0.554. The number of aryl methyl sites for hydroxylation is 1. The molecule has 4 nitrogen and oxygen atoms in total. The minimum Gasteiger partial charge on any atom is -0.308 e. The first-order valence-corrected chi connectivity index (χ1v) is 6.19. The van der Waals surface area contributed by atoms with Crippen LogP contribution in [0.5, 0.6) is 0 Å². The number of benzene rings is 2. The maximum atomic E-state index is 13.7. The van der Waals surface area contributed by atoms with E-state index in [1.807, 2.05) is 24.3 Å². The fourth-order valence-electron chi connectivity index (χ4n) is 2.05. The number of aromatic nitrogens is 2. The van der Waals surface area contributed by atoms with Gasteiger partial charge in [-0.2, -0.15) is 0 Å². The fraction of sp³-hybridized carbons (Fsp3) is 0.0667. The van der Waals surface area contributed by atoms with Crippen molar-refractivity contribution in [2.75, 3.05) is 5.43 Å². The van der Waals surface area contributed by atoms with Gasteiger partial charge in [0.15, 0.2) is 11.6 Å². The summed E-state index contributed by atoms with van der Waals surface area (Å²) in [5.74, 6) is 6.19. The molecule has 3 aromatic rings. The lowest BCUT2D eigenvalue weighted by Gasteiger charge is -2.08. The zero-order valence-corrected chi connectivity index (χ0v) is 10.9. The molecule has 5 heteroatoms. The van der Waals surface area contributed by atoms with Crippen molar-refractivity contribution in [1.82, 2.24) is 9.97 Å². The Hall–Kier alpha value is -2.53. The largest absolute Gasteiger partial charge is 0.308 e. The molecule has 0 atom stereocenters. The average Bonchev–Trinajstić information content (AvgIpc) is 2.49. The van der Waals surface area contributed by atoms with Crippen LogP contribution in [0.3, 0.4) is 0 Å². The van der Waals surface area contributed by atoms with Crippen LogP contribution in [0.1, 0.15) is 5.56 Å². The summed E-state index contributed by atoms with van der Waals surface area (Å²) in [4.78, 5) is 8.80. The van der Waals surface area contributed by atoms with Crippen LogP contribution in [-0.2, 0) is 0 Å². The summed E-state index contributed by atoms with van der Waals surface area (Å²) in [7, 11) is 0. The van der Waals surface area contributed by atoms with E-state index in [9.17, 15) is 4.39 Å². The Kier molecular flexibility index (Phi) is 3.04. The van der Waals surface area contributed by atoms with E-state index in [1.165, 1.54) is 6.07 Å². The topological polar surface area (TPSA) is 63.8 Å². The Morgan fingerprint density at radius 2 is 1.90 bits per heavy atom. The van der Waals surface area contributed by atoms with Crippen molar-refractivity contribution in [3.63, 3.8) is 0 Å². The first-order chi connectivity index (χ1) is 9.69. The van der Waals surface area contributed by atoms with E-state index in [0.717, 1.165) is 10.9 Å². The molecule has 0 saturated heterocycles. The zero-order valence-electron chi connectivity index (χ0n) is 10.9. The van der Waals surface area contributed by atoms with Crippen molar-refractivity contribution >= 4 is 16.7 Å². The number of nitrogens with two attached hydrogens (primary N) is 1. The SMILES string of the molecule is Cc1ccc(-c2nc(NN)c3ccccc3n2)cc1F. The number of nitrogens with zero attached hydrogens (tertiary/aromatic N) is 2. The number of hydrogen-bond donors (Lipinski definition) is 2. The maximum absolute atomic E-state index is 13.7. The number of para-hydroxylation sites is 1. The third-order valence-corrected chi connectivity index (χ3v) is 3.17. The van der Waals surface area contributed by atoms with Gasteiger partial charge in [0.1, 0.15) is 5.82 Å². The van der Waals surface area contributed by atoms with Gasteiger partial charge in [-0.25, -0.2) is 20.2 Å². The number of fused-ring (bicyclic) bond motifs is 1. The van der Waals surface area contributed by atoms with Gasteiger partial charge in [-0.15, -0.1) is 0 Å². The van der Waals surface area contributed by atoms with Gasteiger partial charge in [0.25, 0.3) is 0 Å². The van der Waals surface area contributed by atoms with E-state index in [-0.39, 0.29) is 5.82 Å². The average molecular weight is 268 g/mol. The van der Waals surface area contributed by atoms with Crippen LogP contribution in [0.25, 0.3) is 22.3 Å². The van der Waals surface area contributed by atoms with E-state index >= 15 is 0 Å². The molecule has 0 saturated carbocycles. The van der Waals surface area contributed by atoms with Gasteiger partial charge < -0.3 is 5.43 Å². The first-order valence-electron chi connectivity index (χ1n) is 6.19. The molecule has 0 fully saturated rings. The molecule has 0 aliphatic rings. The van der Waals surface area contributed by atoms with Crippen LogP contribution < -0.4 is 11.3 Å². The fourth-order valence-corrected chi connectivity index (χ4v) is 2.05. The number of nitrogen functional groups attached to an aromatic ring is 1. The zero-order chi connectivity index (χ0) is 14.1. The Bertz CT molecular complexity index is 786. The minimum atomic E-state index is -0.276. The van der Waals surface area contributed by atoms with E-state index in [1.54, 1.807) is 19.1 Å². The summed E-state index contributed by atoms with van der Waals surface area (Å²) in [6, 6.07) is 12.4. The second-order valence-electron chi connectivity index (χ2n) is 4.52. The van der Waals surface area contributed by atoms with Gasteiger partial charge in [-0.1, -0.05) is 24.3 Å². The van der Waals surface area contributed by atoms with Gasteiger partial charge in [-0.05, 0) is 30.7 Å². The van der Waals surface area contributed by atoms with Gasteiger partial charge >= 0.3 is 0 Å². The summed E-state index contributed by atoms with van der Waals surface area (Å²) in [6.07, 6.45) is 0. The van der Waals surface area contributed by atoms with Crippen molar-refractivity contribution in [3.05, 3.63) is 53.8 Å². The normalized spacial score (nSPS) is 10.8. The second kappa shape index (κ2) is 4.86. The molecule has 0 radical (unpaired) electrons. The number of halogens is 1. The number of hydrazine groups is 1. The highest BCUT2D eigenvalue weighted by molar-refractivity contribution is 5.90. The molecule has 0 spiro atoms. The standard InChI is InChI=1S/C15H13FN4/c1-9-6-7-10(8-12(9)16)14-18-13-5-3-2-4-11(13)15(19-14)20-17/h2-8H,17H2,1H3,(H,18,19,20). The molecule has 3 N–H and O–H groups in total. The Morgan fingerprint density at radius 1 is 1.10 bits per heavy atom. The number of rotatable bonds is 2. The summed E-state index contributed by atoms with van der Waals surface area (Å²) < 4.78 is 13.7. The molecule has 100 valence electrons. The van der Waals surface area contributed by atoms with Crippen molar-refractivity contribution in [3.8, 4) is 11.4 Å². The van der Waals surface area contributed by atoms with Crippen LogP contribution in [0.15, 0.2) is 42.5 Å². The van der Waals surface area contributed by atoms with Crippen LogP contribution in [0, 0.1) is 12.7 Å². The Balaban J connectivity index is 2.23. The number of nitrogens with one attached hydrogen (secondary N) is 1. The highest BCUT2D eigenvalue weighted by Gasteiger charge is 2.09. The second-order valence-corrected chi connectivity index (χ2v) is 4.52. The molecule has 20 heavy (non-hydrogen) atoms. The molecule has 3 rings (SSSR count). The van der Waals surface area contributed by atoms with Gasteiger partial charge in [0, 0.05) is 10.9 Å². The molecular weight excluding hydrogens is 255 g/mol. The summed E-state index contributed by atoms with van der Waals surface area (Å²) in [5.41, 5.74) is 4.53. The lowest BCUT2D eigenvalue weighted by Crippen LogP contribution is -2.10. The van der Waals surface area contributed by atoms with E-state index in [4.69, 9.17) is 5.84 Å². The molecule has 1 heterocycles. The van der Waals surface area contributed by atoms with Crippen LogP contribution in [0.4, 0.5) is 10.2 Å². The third-order valence-electron chi connectivity index (χ3n) is 3.17. The van der Waals surface area contributed by atoms with Gasteiger partial charge in [0.2, 0.25) is 0 Å². The maximum Gasteiger partial charge on any atom is 0.162 e. The predicted octanol–water partition coefficient (Wildman–Crippen LogP) is 3.03. The summed E-state index contributed by atoms with van der Waals surface area (Å²) >= 11 is 0. The smallest absolute Gasteiger partial charge is 0.162 e.